The first kappa shape index (κ1) is 17.2. The van der Waals surface area contributed by atoms with Crippen LogP contribution in [-0.4, -0.2) is 14.9 Å². The summed E-state index contributed by atoms with van der Waals surface area (Å²) in [6, 6.07) is 0. The minimum atomic E-state index is -1.54. The predicted octanol–water partition coefficient (Wildman–Crippen LogP) is 5.61. The fourth-order valence-corrected chi connectivity index (χ4v) is 5.98. The van der Waals surface area contributed by atoms with Crippen LogP contribution in [0.4, 0.5) is 0 Å². The highest BCUT2D eigenvalue weighted by Crippen LogP contribution is 2.37. The molecule has 2 heteroatoms. The van der Waals surface area contributed by atoms with Gasteiger partial charge in [0.25, 0.3) is 0 Å². The molecule has 0 saturated carbocycles. The second-order valence-electron chi connectivity index (χ2n) is 5.95. The second kappa shape index (κ2) is 8.31. The monoisotopic (exact) mass is 258 g/mol. The molecule has 104 valence electrons. The minimum absolute atomic E-state index is 0.773. The van der Waals surface area contributed by atoms with Crippen LogP contribution < -0.4 is 0 Å². The van der Waals surface area contributed by atoms with E-state index >= 15 is 0 Å². The summed E-state index contributed by atoms with van der Waals surface area (Å²) in [5.41, 5.74) is 1.55. The lowest BCUT2D eigenvalue weighted by Gasteiger charge is -2.38. The Labute approximate surface area is 110 Å². The average Bonchev–Trinajstić information content (AvgIpc) is 2.35. The standard InChI is InChI=1S/C15H34OSi/c1-8-13(4)11-12-16-17(7,14(5)9-2)15(6)10-3/h13-15H,8-12H2,1-7H3. The molecule has 3 atom stereocenters. The summed E-state index contributed by atoms with van der Waals surface area (Å²) >= 11 is 0. The maximum atomic E-state index is 6.45. The van der Waals surface area contributed by atoms with Crippen molar-refractivity contribution in [3.63, 3.8) is 0 Å². The van der Waals surface area contributed by atoms with Gasteiger partial charge in [0.15, 0.2) is 8.32 Å². The Bertz CT molecular complexity index is 183. The van der Waals surface area contributed by atoms with E-state index in [4.69, 9.17) is 4.43 Å². The summed E-state index contributed by atoms with van der Waals surface area (Å²) in [7, 11) is -1.54. The van der Waals surface area contributed by atoms with E-state index in [2.05, 4.69) is 48.1 Å². The van der Waals surface area contributed by atoms with Gasteiger partial charge in [-0.3, -0.25) is 0 Å². The van der Waals surface area contributed by atoms with Crippen molar-refractivity contribution < 1.29 is 4.43 Å². The first-order chi connectivity index (χ1) is 7.92. The Morgan fingerprint density at radius 2 is 1.35 bits per heavy atom. The third-order valence-electron chi connectivity index (χ3n) is 4.90. The summed E-state index contributed by atoms with van der Waals surface area (Å²) in [4.78, 5) is 0. The maximum Gasteiger partial charge on any atom is 0.195 e. The van der Waals surface area contributed by atoms with Crippen LogP contribution in [0.2, 0.25) is 17.6 Å². The van der Waals surface area contributed by atoms with Crippen molar-refractivity contribution in [2.24, 2.45) is 5.92 Å². The van der Waals surface area contributed by atoms with Crippen LogP contribution in [-0.2, 0) is 4.43 Å². The Balaban J connectivity index is 4.39. The second-order valence-corrected chi connectivity index (χ2v) is 10.6. The fraction of sp³-hybridized carbons (Fsp3) is 1.00. The van der Waals surface area contributed by atoms with Gasteiger partial charge in [-0.1, -0.05) is 60.8 Å². The van der Waals surface area contributed by atoms with Gasteiger partial charge in [-0.25, -0.2) is 0 Å². The van der Waals surface area contributed by atoms with Crippen molar-refractivity contribution in [2.45, 2.75) is 84.9 Å². The highest BCUT2D eigenvalue weighted by atomic mass is 28.4. The van der Waals surface area contributed by atoms with Gasteiger partial charge in [-0.05, 0) is 30.0 Å². The molecular formula is C15H34OSi. The van der Waals surface area contributed by atoms with Crippen LogP contribution >= 0.6 is 0 Å². The van der Waals surface area contributed by atoms with Gasteiger partial charge < -0.3 is 4.43 Å². The Morgan fingerprint density at radius 3 is 1.71 bits per heavy atom. The molecule has 0 aromatic carbocycles. The highest BCUT2D eigenvalue weighted by molar-refractivity contribution is 6.75. The zero-order valence-electron chi connectivity index (χ0n) is 13.2. The van der Waals surface area contributed by atoms with Crippen molar-refractivity contribution in [2.75, 3.05) is 6.61 Å². The van der Waals surface area contributed by atoms with Gasteiger partial charge >= 0.3 is 0 Å². The zero-order valence-corrected chi connectivity index (χ0v) is 14.2. The lowest BCUT2D eigenvalue weighted by molar-refractivity contribution is 0.255. The Hall–Kier alpha value is 0.177. The van der Waals surface area contributed by atoms with E-state index in [1.807, 2.05) is 0 Å². The summed E-state index contributed by atoms with van der Waals surface area (Å²) in [5, 5.41) is 0. The van der Waals surface area contributed by atoms with Crippen LogP contribution in [0.15, 0.2) is 0 Å². The summed E-state index contributed by atoms with van der Waals surface area (Å²) < 4.78 is 6.45. The molecule has 0 N–H and O–H groups in total. The van der Waals surface area contributed by atoms with Crippen LogP contribution in [0.5, 0.6) is 0 Å². The molecule has 0 amide bonds. The van der Waals surface area contributed by atoms with E-state index in [1.165, 1.54) is 25.7 Å². The summed E-state index contributed by atoms with van der Waals surface area (Å²) in [5.74, 6) is 0.808. The Morgan fingerprint density at radius 1 is 0.882 bits per heavy atom. The molecule has 0 spiro atoms. The molecule has 0 rings (SSSR count). The van der Waals surface area contributed by atoms with Gasteiger partial charge in [0.2, 0.25) is 0 Å². The van der Waals surface area contributed by atoms with Gasteiger partial charge in [0, 0.05) is 6.61 Å². The summed E-state index contributed by atoms with van der Waals surface area (Å²) in [6.45, 7) is 17.4. The molecule has 1 nitrogen and oxygen atoms in total. The quantitative estimate of drug-likeness (QED) is 0.488. The minimum Gasteiger partial charge on any atom is -0.417 e. The molecule has 0 radical (unpaired) electrons. The lowest BCUT2D eigenvalue weighted by Crippen LogP contribution is -2.43. The number of hydrogen-bond acceptors (Lipinski definition) is 1. The van der Waals surface area contributed by atoms with Crippen LogP contribution in [0, 0.1) is 5.92 Å². The molecule has 17 heavy (non-hydrogen) atoms. The molecular weight excluding hydrogens is 224 g/mol. The van der Waals surface area contributed by atoms with E-state index in [9.17, 15) is 0 Å². The summed E-state index contributed by atoms with van der Waals surface area (Å²) in [6.07, 6.45) is 5.02. The van der Waals surface area contributed by atoms with Crippen molar-refractivity contribution in [1.29, 1.82) is 0 Å². The first-order valence-electron chi connectivity index (χ1n) is 7.56. The number of rotatable bonds is 9. The molecule has 0 aliphatic heterocycles. The molecule has 0 aliphatic carbocycles. The number of hydrogen-bond donors (Lipinski definition) is 0. The smallest absolute Gasteiger partial charge is 0.195 e. The van der Waals surface area contributed by atoms with Gasteiger partial charge in [-0.2, -0.15) is 0 Å². The van der Waals surface area contributed by atoms with Gasteiger partial charge in [-0.15, -0.1) is 0 Å². The molecule has 0 aliphatic rings. The van der Waals surface area contributed by atoms with E-state index in [-0.39, 0.29) is 0 Å². The van der Waals surface area contributed by atoms with E-state index in [1.54, 1.807) is 0 Å². The first-order valence-corrected chi connectivity index (χ1v) is 10.1. The van der Waals surface area contributed by atoms with Crippen molar-refractivity contribution in [3.8, 4) is 0 Å². The topological polar surface area (TPSA) is 9.23 Å². The molecule has 0 aromatic heterocycles. The van der Waals surface area contributed by atoms with Crippen molar-refractivity contribution >= 4 is 8.32 Å². The molecule has 0 saturated heterocycles. The maximum absolute atomic E-state index is 6.45. The van der Waals surface area contributed by atoms with Gasteiger partial charge in [0.05, 0.1) is 0 Å². The third-order valence-corrected chi connectivity index (χ3v) is 10.5. The lowest BCUT2D eigenvalue weighted by atomic mass is 10.1. The zero-order chi connectivity index (χ0) is 13.5. The van der Waals surface area contributed by atoms with Crippen molar-refractivity contribution in [1.82, 2.24) is 0 Å². The third kappa shape index (κ3) is 5.13. The van der Waals surface area contributed by atoms with E-state index in [0.29, 0.717) is 0 Å². The average molecular weight is 259 g/mol. The molecule has 3 unspecified atom stereocenters. The predicted molar refractivity (Wildman–Crippen MR) is 81.1 cm³/mol. The highest BCUT2D eigenvalue weighted by Gasteiger charge is 2.39. The molecule has 0 aromatic rings. The van der Waals surface area contributed by atoms with Crippen LogP contribution in [0.1, 0.15) is 67.2 Å². The Kier molecular flexibility index (Phi) is 8.40. The normalized spacial score (nSPS) is 20.6. The van der Waals surface area contributed by atoms with E-state index < -0.39 is 8.32 Å². The van der Waals surface area contributed by atoms with E-state index in [0.717, 1.165) is 23.6 Å². The largest absolute Gasteiger partial charge is 0.417 e. The van der Waals surface area contributed by atoms with Gasteiger partial charge in [0.1, 0.15) is 0 Å². The van der Waals surface area contributed by atoms with Crippen molar-refractivity contribution in [3.05, 3.63) is 0 Å². The molecule has 0 fully saturated rings. The molecule has 0 heterocycles. The molecule has 0 bridgehead atoms. The van der Waals surface area contributed by atoms with Crippen LogP contribution in [0.3, 0.4) is 0 Å². The van der Waals surface area contributed by atoms with Crippen LogP contribution in [0.25, 0.3) is 0 Å². The SMILES string of the molecule is CCC(C)CCO[Si](C)(C(C)CC)C(C)CC. The fourth-order valence-electron chi connectivity index (χ4n) is 2.26.